The first-order valence-electron chi connectivity index (χ1n) is 7.64. The van der Waals surface area contributed by atoms with Crippen molar-refractivity contribution in [3.05, 3.63) is 34.3 Å². The van der Waals surface area contributed by atoms with Crippen LogP contribution in [-0.4, -0.2) is 38.0 Å². The number of amides is 1. The van der Waals surface area contributed by atoms with Gasteiger partial charge in [-0.1, -0.05) is 17.7 Å². The van der Waals surface area contributed by atoms with Crippen molar-refractivity contribution in [3.63, 3.8) is 0 Å². The summed E-state index contributed by atoms with van der Waals surface area (Å²) < 4.78 is 24.9. The molecule has 1 amide bonds. The summed E-state index contributed by atoms with van der Waals surface area (Å²) >= 11 is 6.18. The molecule has 1 spiro atoms. The van der Waals surface area contributed by atoms with E-state index in [0.29, 0.717) is 31.0 Å². The second-order valence-corrected chi connectivity index (χ2v) is 9.43. The molecule has 2 aliphatic rings. The zero-order valence-corrected chi connectivity index (χ0v) is 15.1. The van der Waals surface area contributed by atoms with E-state index in [1.165, 1.54) is 10.6 Å². The van der Waals surface area contributed by atoms with Crippen molar-refractivity contribution in [2.24, 2.45) is 0 Å². The van der Waals surface area contributed by atoms with Crippen LogP contribution in [0.3, 0.4) is 0 Å². The van der Waals surface area contributed by atoms with Gasteiger partial charge in [0.2, 0.25) is 15.9 Å². The summed E-state index contributed by atoms with van der Waals surface area (Å²) in [6, 6.07) is 5.66. The topological polar surface area (TPSA) is 66.5 Å². The van der Waals surface area contributed by atoms with E-state index in [0.717, 1.165) is 11.1 Å². The smallest absolute Gasteiger partial charge is 0.231 e. The molecule has 0 aromatic heterocycles. The number of sulfonamides is 1. The van der Waals surface area contributed by atoms with E-state index in [2.05, 4.69) is 5.32 Å². The van der Waals surface area contributed by atoms with Gasteiger partial charge in [-0.15, -0.1) is 0 Å². The molecule has 2 heterocycles. The fraction of sp³-hybridized carbons (Fsp3) is 0.562. The summed E-state index contributed by atoms with van der Waals surface area (Å²) in [5.74, 6) is -0.0367. The SMILES string of the molecule is CC1(C)NC(=O)C2(CCN(S(C)(=O)=O)CC2)c2cc(Cl)ccc21. The summed E-state index contributed by atoms with van der Waals surface area (Å²) in [6.45, 7) is 4.63. The van der Waals surface area contributed by atoms with Gasteiger partial charge in [-0.25, -0.2) is 12.7 Å². The zero-order valence-electron chi connectivity index (χ0n) is 13.5. The van der Waals surface area contributed by atoms with E-state index in [-0.39, 0.29) is 5.91 Å². The minimum absolute atomic E-state index is 0.0367. The minimum Gasteiger partial charge on any atom is -0.346 e. The number of rotatable bonds is 1. The third-order valence-electron chi connectivity index (χ3n) is 5.08. The molecule has 0 unspecified atom stereocenters. The van der Waals surface area contributed by atoms with Gasteiger partial charge in [-0.3, -0.25) is 4.79 Å². The fourth-order valence-corrected chi connectivity index (χ4v) is 4.76. The van der Waals surface area contributed by atoms with Crippen LogP contribution in [0.2, 0.25) is 5.02 Å². The predicted octanol–water partition coefficient (Wildman–Crippen LogP) is 2.00. The molecule has 5 nitrogen and oxygen atoms in total. The van der Waals surface area contributed by atoms with Crippen LogP contribution in [0.5, 0.6) is 0 Å². The molecular formula is C16H21ClN2O3S. The number of benzene rings is 1. The number of hydrogen-bond acceptors (Lipinski definition) is 3. The van der Waals surface area contributed by atoms with E-state index < -0.39 is 21.0 Å². The van der Waals surface area contributed by atoms with Crippen LogP contribution >= 0.6 is 11.6 Å². The molecule has 0 saturated carbocycles. The van der Waals surface area contributed by atoms with Crippen molar-refractivity contribution in [3.8, 4) is 0 Å². The van der Waals surface area contributed by atoms with E-state index in [4.69, 9.17) is 11.6 Å². The molecule has 1 fully saturated rings. The average Bonchev–Trinajstić information content (AvgIpc) is 2.44. The molecule has 1 N–H and O–H groups in total. The van der Waals surface area contributed by atoms with E-state index in [1.54, 1.807) is 0 Å². The number of carbonyl (C=O) groups is 1. The van der Waals surface area contributed by atoms with Crippen LogP contribution in [0.15, 0.2) is 18.2 Å². The molecule has 2 aliphatic heterocycles. The van der Waals surface area contributed by atoms with Gasteiger partial charge in [0.15, 0.2) is 0 Å². The second-order valence-electron chi connectivity index (χ2n) is 7.01. The normalized spacial score (nSPS) is 23.4. The van der Waals surface area contributed by atoms with Crippen molar-refractivity contribution < 1.29 is 13.2 Å². The summed E-state index contributed by atoms with van der Waals surface area (Å²) in [6.07, 6.45) is 2.14. The lowest BCUT2D eigenvalue weighted by atomic mass is 9.65. The van der Waals surface area contributed by atoms with Crippen molar-refractivity contribution in [1.29, 1.82) is 0 Å². The maximum atomic E-state index is 12.9. The highest BCUT2D eigenvalue weighted by Gasteiger charge is 2.51. The molecule has 0 aliphatic carbocycles. The third kappa shape index (κ3) is 2.66. The Morgan fingerprint density at radius 2 is 1.78 bits per heavy atom. The Hall–Kier alpha value is -1.11. The highest BCUT2D eigenvalue weighted by molar-refractivity contribution is 7.88. The average molecular weight is 357 g/mol. The highest BCUT2D eigenvalue weighted by atomic mass is 35.5. The molecule has 1 aromatic carbocycles. The number of piperidine rings is 1. The number of hydrogen-bond donors (Lipinski definition) is 1. The van der Waals surface area contributed by atoms with Crippen LogP contribution in [0, 0.1) is 0 Å². The van der Waals surface area contributed by atoms with Crippen molar-refractivity contribution in [2.75, 3.05) is 19.3 Å². The van der Waals surface area contributed by atoms with Gasteiger partial charge in [-0.05, 0) is 49.9 Å². The Balaban J connectivity index is 2.07. The Morgan fingerprint density at radius 1 is 1.17 bits per heavy atom. The van der Waals surface area contributed by atoms with E-state index in [9.17, 15) is 13.2 Å². The van der Waals surface area contributed by atoms with Gasteiger partial charge in [0.25, 0.3) is 0 Å². The maximum Gasteiger partial charge on any atom is 0.231 e. The lowest BCUT2D eigenvalue weighted by molar-refractivity contribution is -0.131. The zero-order chi connectivity index (χ0) is 17.0. The summed E-state index contributed by atoms with van der Waals surface area (Å²) in [7, 11) is -3.23. The second kappa shape index (κ2) is 5.19. The van der Waals surface area contributed by atoms with Crippen LogP contribution in [0.1, 0.15) is 37.8 Å². The Kier molecular flexibility index (Phi) is 3.78. The summed E-state index contributed by atoms with van der Waals surface area (Å²) in [5, 5.41) is 3.69. The summed E-state index contributed by atoms with van der Waals surface area (Å²) in [5.41, 5.74) is 0.828. The Morgan fingerprint density at radius 3 is 2.35 bits per heavy atom. The predicted molar refractivity (Wildman–Crippen MR) is 89.9 cm³/mol. The molecule has 0 bridgehead atoms. The number of nitrogens with one attached hydrogen (secondary N) is 1. The quantitative estimate of drug-likeness (QED) is 0.836. The van der Waals surface area contributed by atoms with Crippen LogP contribution in [0.25, 0.3) is 0 Å². The Bertz CT molecular complexity index is 766. The molecule has 1 aromatic rings. The Labute approximate surface area is 142 Å². The molecule has 3 rings (SSSR count). The van der Waals surface area contributed by atoms with Crippen LogP contribution < -0.4 is 5.32 Å². The fourth-order valence-electron chi connectivity index (χ4n) is 3.75. The number of nitrogens with zero attached hydrogens (tertiary/aromatic N) is 1. The van der Waals surface area contributed by atoms with Gasteiger partial charge < -0.3 is 5.32 Å². The summed E-state index contributed by atoms with van der Waals surface area (Å²) in [4.78, 5) is 12.9. The first-order chi connectivity index (χ1) is 10.6. The third-order valence-corrected chi connectivity index (χ3v) is 6.61. The van der Waals surface area contributed by atoms with Crippen molar-refractivity contribution in [1.82, 2.24) is 9.62 Å². The van der Waals surface area contributed by atoms with Crippen LogP contribution in [0.4, 0.5) is 0 Å². The molecule has 126 valence electrons. The molecular weight excluding hydrogens is 336 g/mol. The van der Waals surface area contributed by atoms with Crippen molar-refractivity contribution in [2.45, 2.75) is 37.6 Å². The molecule has 1 saturated heterocycles. The molecule has 0 radical (unpaired) electrons. The standard InChI is InChI=1S/C16H21ClN2O3S/c1-15(2)12-5-4-11(17)10-13(12)16(14(20)18-15)6-8-19(9-7-16)23(3,21)22/h4-5,10H,6-9H2,1-3H3,(H,18,20). The first-order valence-corrected chi connectivity index (χ1v) is 9.87. The number of halogens is 1. The highest BCUT2D eigenvalue weighted by Crippen LogP contribution is 2.45. The van der Waals surface area contributed by atoms with Gasteiger partial charge in [0.05, 0.1) is 17.2 Å². The lowest BCUT2D eigenvalue weighted by Gasteiger charge is -2.48. The first kappa shape index (κ1) is 16.7. The van der Waals surface area contributed by atoms with Crippen molar-refractivity contribution >= 4 is 27.5 Å². The van der Waals surface area contributed by atoms with Gasteiger partial charge in [0, 0.05) is 18.1 Å². The number of carbonyl (C=O) groups excluding carboxylic acids is 1. The van der Waals surface area contributed by atoms with Gasteiger partial charge in [0.1, 0.15) is 0 Å². The van der Waals surface area contributed by atoms with E-state index >= 15 is 0 Å². The maximum absolute atomic E-state index is 12.9. The van der Waals surface area contributed by atoms with Gasteiger partial charge >= 0.3 is 0 Å². The van der Waals surface area contributed by atoms with Gasteiger partial charge in [-0.2, -0.15) is 0 Å². The van der Waals surface area contributed by atoms with Crippen LogP contribution in [-0.2, 0) is 25.8 Å². The largest absolute Gasteiger partial charge is 0.346 e. The van der Waals surface area contributed by atoms with E-state index in [1.807, 2.05) is 32.0 Å². The lowest BCUT2D eigenvalue weighted by Crippen LogP contribution is -2.60. The number of fused-ring (bicyclic) bond motifs is 2. The molecule has 0 atom stereocenters. The molecule has 7 heteroatoms. The minimum atomic E-state index is -3.23. The molecule has 23 heavy (non-hydrogen) atoms. The monoisotopic (exact) mass is 356 g/mol.